The molecule has 6 aromatic carbocycles. The minimum atomic E-state index is -1.02. The van der Waals surface area contributed by atoms with Gasteiger partial charge in [0, 0.05) is 94.8 Å². The monoisotopic (exact) mass is 1070 g/mol. The molecule has 71 heavy (non-hydrogen) atoms. The van der Waals surface area contributed by atoms with Crippen LogP contribution in [0.3, 0.4) is 0 Å². The van der Waals surface area contributed by atoms with Crippen LogP contribution < -0.4 is 64.2 Å². The summed E-state index contributed by atoms with van der Waals surface area (Å²) in [6.45, 7) is 15.0. The smallest absolute Gasteiger partial charge is 1.00 e. The van der Waals surface area contributed by atoms with Gasteiger partial charge in [-0.3, -0.25) is 28.8 Å². The molecule has 3 aliphatic rings. The fourth-order valence-electron chi connectivity index (χ4n) is 8.21. The van der Waals surface area contributed by atoms with E-state index in [9.17, 15) is 33.9 Å². The van der Waals surface area contributed by atoms with Crippen molar-refractivity contribution in [2.45, 2.75) is 84.0 Å². The predicted octanol–water partition coefficient (Wildman–Crippen LogP) is 5.21. The SMILES string of the molecule is C[Si](C)(C)CCCBr.C[Si](C)(C)CCCOCc1ccc2c(c1)C(=O)c1ccccc1C2=O.O=C1c2ccccc2C(=O)c2cc(CO)ccc21.O=C1c2ccccc2C(=O)c2cc(C[O-])ccc21.[H-].[Na+].[Na+]. The maximum absolute atomic E-state index is 12.7. The molecule has 0 saturated heterocycles. The average Bonchev–Trinajstić information content (AvgIpc) is 3.35. The molecule has 1 N–H and O–H groups in total. The van der Waals surface area contributed by atoms with E-state index in [-0.39, 0.29) is 102 Å². The third kappa shape index (κ3) is 15.1. The summed E-state index contributed by atoms with van der Waals surface area (Å²) in [5, 5.41) is 21.1. The van der Waals surface area contributed by atoms with Gasteiger partial charge in [-0.15, -0.1) is 6.61 Å². The standard InChI is InChI=1S/C21H24O3Si.C15H10O3.C15H9O3.C6H15BrSi.2Na.H/c1-25(2,3)12-6-11-24-14-15-9-10-18-19(13-15)21(23)17-8-5-4-7-16(17)20(18)22;2*16-8-9-5-6-12-13(7-9)15(18)11-4-2-1-3-10(11)14(12)17;1-8(2,3)6-4-5-7;;;/h4-5,7-10,13H,6,11-12,14H2,1-3H3;1-7,16H,8H2;1-7H,8H2;4-6H2,1-3H3;;;/q;;-1;;2*+1;-1. The number of fused-ring (bicyclic) bond motifs is 6. The summed E-state index contributed by atoms with van der Waals surface area (Å²) < 4.78 is 5.76. The maximum atomic E-state index is 12.7. The Morgan fingerprint density at radius 2 is 0.746 bits per heavy atom. The second-order valence-electron chi connectivity index (χ2n) is 19.6. The van der Waals surface area contributed by atoms with E-state index < -0.39 is 22.8 Å². The molecule has 0 amide bonds. The van der Waals surface area contributed by atoms with E-state index in [0.717, 1.165) is 18.6 Å². The zero-order valence-corrected chi connectivity index (χ0v) is 49.7. The van der Waals surface area contributed by atoms with Crippen molar-refractivity contribution in [1.82, 2.24) is 0 Å². The zero-order valence-electron chi connectivity index (χ0n) is 43.1. The van der Waals surface area contributed by atoms with Gasteiger partial charge < -0.3 is 16.4 Å². The topological polar surface area (TPSA) is 155 Å². The van der Waals surface area contributed by atoms with Crippen LogP contribution in [0.25, 0.3) is 0 Å². The zero-order chi connectivity index (χ0) is 50.0. The third-order valence-electron chi connectivity index (χ3n) is 11.9. The molecule has 0 bridgehead atoms. The molecule has 3 aliphatic carbocycles. The van der Waals surface area contributed by atoms with Gasteiger partial charge >= 0.3 is 59.1 Å². The van der Waals surface area contributed by atoms with Gasteiger partial charge in [0.2, 0.25) is 0 Å². The quantitative estimate of drug-likeness (QED) is 0.105. The number of alkyl halides is 1. The fraction of sp³-hybridized carbons (Fsp3) is 0.263. The van der Waals surface area contributed by atoms with E-state index >= 15 is 0 Å². The Morgan fingerprint density at radius 1 is 0.451 bits per heavy atom. The van der Waals surface area contributed by atoms with Crippen LogP contribution in [0, 0.1) is 0 Å². The number of ketones is 6. The summed E-state index contributed by atoms with van der Waals surface area (Å²) in [4.78, 5) is 74.3. The minimum Gasteiger partial charge on any atom is -1.00 e. The van der Waals surface area contributed by atoms with Crippen LogP contribution in [-0.4, -0.2) is 67.9 Å². The predicted molar refractivity (Wildman–Crippen MR) is 279 cm³/mol. The van der Waals surface area contributed by atoms with Gasteiger partial charge in [0.25, 0.3) is 0 Å². The Morgan fingerprint density at radius 3 is 1.07 bits per heavy atom. The summed E-state index contributed by atoms with van der Waals surface area (Å²) >= 11 is 3.42. The first-order valence-corrected chi connectivity index (χ1v) is 31.7. The van der Waals surface area contributed by atoms with E-state index in [1.54, 1.807) is 109 Å². The Bertz CT molecular complexity index is 2830. The molecule has 9 rings (SSSR count). The maximum Gasteiger partial charge on any atom is 1.00 e. The molecule has 0 radical (unpaired) electrons. The van der Waals surface area contributed by atoms with Crippen LogP contribution >= 0.6 is 15.9 Å². The third-order valence-corrected chi connectivity index (χ3v) is 16.1. The molecule has 0 atom stereocenters. The van der Waals surface area contributed by atoms with Crippen molar-refractivity contribution in [2.75, 3.05) is 11.9 Å². The molecule has 0 aromatic heterocycles. The average molecular weight is 1070 g/mol. The number of carbonyl (C=O) groups excluding carboxylic acids is 6. The molecule has 0 aliphatic heterocycles. The first-order valence-electron chi connectivity index (χ1n) is 23.1. The second-order valence-corrected chi connectivity index (χ2v) is 31.7. The van der Waals surface area contributed by atoms with E-state index in [2.05, 4.69) is 55.2 Å². The van der Waals surface area contributed by atoms with Crippen LogP contribution in [0.2, 0.25) is 51.4 Å². The van der Waals surface area contributed by atoms with Crippen LogP contribution in [0.4, 0.5) is 0 Å². The van der Waals surface area contributed by atoms with Crippen LogP contribution in [0.15, 0.2) is 127 Å². The normalized spacial score (nSPS) is 12.8. The van der Waals surface area contributed by atoms with Crippen molar-refractivity contribution in [3.05, 3.63) is 211 Å². The van der Waals surface area contributed by atoms with Crippen molar-refractivity contribution in [3.63, 3.8) is 0 Å². The summed E-state index contributed by atoms with van der Waals surface area (Å²) in [7, 11) is -1.73. The minimum absolute atomic E-state index is 0. The van der Waals surface area contributed by atoms with E-state index in [0.29, 0.717) is 84.5 Å². The largest absolute Gasteiger partial charge is 1.00 e. The molecule has 358 valence electrons. The first kappa shape index (κ1) is 59.7. The molecule has 0 fully saturated rings. The van der Waals surface area contributed by atoms with Gasteiger partial charge in [-0.25, -0.2) is 0 Å². The molecule has 9 nitrogen and oxygen atoms in total. The summed E-state index contributed by atoms with van der Waals surface area (Å²) in [5.41, 5.74) is 7.32. The van der Waals surface area contributed by atoms with E-state index in [1.807, 2.05) is 12.1 Å². The Labute approximate surface area is 473 Å². The number of aliphatic hydroxyl groups is 1. The number of halogens is 1. The van der Waals surface area contributed by atoms with Gasteiger partial charge in [-0.2, -0.15) is 0 Å². The summed E-state index contributed by atoms with van der Waals surface area (Å²) in [6, 6.07) is 38.3. The first-order chi connectivity index (χ1) is 32.9. The van der Waals surface area contributed by atoms with Crippen molar-refractivity contribution in [3.8, 4) is 0 Å². The molecule has 6 aromatic rings. The number of carbonyl (C=O) groups is 6. The van der Waals surface area contributed by atoms with Gasteiger partial charge in [-0.05, 0) is 54.3 Å². The van der Waals surface area contributed by atoms with Crippen LogP contribution in [-0.2, 0) is 24.6 Å². The van der Waals surface area contributed by atoms with E-state index in [1.165, 1.54) is 29.9 Å². The molecule has 0 unspecified atom stereocenters. The van der Waals surface area contributed by atoms with Gasteiger partial charge in [0.15, 0.2) is 34.7 Å². The van der Waals surface area contributed by atoms with Crippen LogP contribution in [0.5, 0.6) is 0 Å². The number of hydrogen-bond donors (Lipinski definition) is 1. The molecule has 0 spiro atoms. The van der Waals surface area contributed by atoms with Crippen molar-refractivity contribution in [2.24, 2.45) is 0 Å². The van der Waals surface area contributed by atoms with Crippen molar-refractivity contribution < 1.29 is 104 Å². The number of rotatable bonds is 11. The number of aliphatic hydroxyl groups excluding tert-OH is 1. The molecule has 14 heteroatoms. The summed E-state index contributed by atoms with van der Waals surface area (Å²) in [6.07, 6.45) is 2.43. The van der Waals surface area contributed by atoms with Crippen molar-refractivity contribution >= 4 is 66.8 Å². The number of benzene rings is 6. The molecule has 0 heterocycles. The Kier molecular flexibility index (Phi) is 22.6. The number of hydrogen-bond acceptors (Lipinski definition) is 9. The summed E-state index contributed by atoms with van der Waals surface area (Å²) in [5.74, 6) is -0.785. The Hall–Kier alpha value is -3.87. The van der Waals surface area contributed by atoms with E-state index in [4.69, 9.17) is 9.84 Å². The number of ether oxygens (including phenoxy) is 1. The van der Waals surface area contributed by atoms with Crippen molar-refractivity contribution in [1.29, 1.82) is 0 Å². The van der Waals surface area contributed by atoms with Gasteiger partial charge in [0.05, 0.1) is 13.2 Å². The van der Waals surface area contributed by atoms with Crippen LogP contribution in [0.1, 0.15) is 126 Å². The van der Waals surface area contributed by atoms with Gasteiger partial charge in [-0.1, -0.05) is 170 Å². The van der Waals surface area contributed by atoms with Gasteiger partial charge in [0.1, 0.15) is 0 Å². The fourth-order valence-corrected chi connectivity index (χ4v) is 11.4. The second kappa shape index (κ2) is 26.9. The Balaban J connectivity index is 0.000000264. The molecule has 0 saturated carbocycles. The molecular formula is C57H59BrNa2O9Si2. The molecular weight excluding hydrogens is 1010 g/mol.